The van der Waals surface area contributed by atoms with E-state index in [0.717, 1.165) is 18.4 Å². The van der Waals surface area contributed by atoms with Gasteiger partial charge in [0.05, 0.1) is 5.52 Å². The minimum atomic E-state index is 0.0810. The fourth-order valence-corrected chi connectivity index (χ4v) is 4.72. The van der Waals surface area contributed by atoms with Gasteiger partial charge in [-0.25, -0.2) is 0 Å². The van der Waals surface area contributed by atoms with Crippen molar-refractivity contribution in [2.45, 2.75) is 65.2 Å². The van der Waals surface area contributed by atoms with Crippen molar-refractivity contribution < 1.29 is 0 Å². The summed E-state index contributed by atoms with van der Waals surface area (Å²) < 4.78 is 0. The zero-order valence-electron chi connectivity index (χ0n) is 19.2. The van der Waals surface area contributed by atoms with Crippen molar-refractivity contribution in [2.24, 2.45) is 0 Å². The fraction of sp³-hybridized carbons (Fsp3) is 0.345. The first-order valence-corrected chi connectivity index (χ1v) is 11.1. The Hall–Kier alpha value is -2.67. The predicted molar refractivity (Wildman–Crippen MR) is 131 cm³/mol. The molecule has 0 saturated carbocycles. The van der Waals surface area contributed by atoms with Gasteiger partial charge in [-0.3, -0.25) is 4.98 Å². The summed E-state index contributed by atoms with van der Waals surface area (Å²) >= 11 is 0. The average molecular weight is 396 g/mol. The van der Waals surface area contributed by atoms with Gasteiger partial charge in [-0.05, 0) is 56.8 Å². The third kappa shape index (κ3) is 3.74. The van der Waals surface area contributed by atoms with Crippen LogP contribution >= 0.6 is 0 Å². The molecule has 0 aliphatic carbocycles. The molecule has 30 heavy (non-hydrogen) atoms. The van der Waals surface area contributed by atoms with Gasteiger partial charge in [0.2, 0.25) is 0 Å². The minimum absolute atomic E-state index is 0.0810. The van der Waals surface area contributed by atoms with Crippen LogP contribution in [0.2, 0.25) is 0 Å². The summed E-state index contributed by atoms with van der Waals surface area (Å²) in [5.74, 6) is 0. The molecule has 3 aromatic carbocycles. The van der Waals surface area contributed by atoms with E-state index in [0.29, 0.717) is 0 Å². The standard InChI is InChI=1S/C29H33N/c1-7-16-29(5,6)27-24-10-8-9-11-26(24)30-19-25(27)22-13-12-21-18-23(28(2,3)4)15-14-20(21)17-22/h8-15,17-19H,7,16H2,1-6H3. The molecule has 1 heterocycles. The number of para-hydroxylation sites is 1. The summed E-state index contributed by atoms with van der Waals surface area (Å²) in [6, 6.07) is 22.3. The molecule has 0 aliphatic heterocycles. The van der Waals surface area contributed by atoms with E-state index in [4.69, 9.17) is 4.98 Å². The highest BCUT2D eigenvalue weighted by molar-refractivity contribution is 5.93. The lowest BCUT2D eigenvalue weighted by Crippen LogP contribution is -2.19. The molecule has 0 aliphatic rings. The SMILES string of the molecule is CCCC(C)(C)c1c(-c2ccc3cc(C(C)(C)C)ccc3c2)cnc2ccccc12. The van der Waals surface area contributed by atoms with Gasteiger partial charge >= 0.3 is 0 Å². The van der Waals surface area contributed by atoms with Gasteiger partial charge in [-0.15, -0.1) is 0 Å². The Morgan fingerprint density at radius 1 is 0.800 bits per heavy atom. The first-order valence-electron chi connectivity index (χ1n) is 11.1. The lowest BCUT2D eigenvalue weighted by molar-refractivity contribution is 0.478. The zero-order valence-corrected chi connectivity index (χ0v) is 19.2. The Morgan fingerprint density at radius 3 is 2.23 bits per heavy atom. The van der Waals surface area contributed by atoms with Crippen LogP contribution in [0.25, 0.3) is 32.8 Å². The van der Waals surface area contributed by atoms with Crippen LogP contribution in [0.3, 0.4) is 0 Å². The maximum atomic E-state index is 4.82. The number of benzene rings is 3. The quantitative estimate of drug-likeness (QED) is 0.338. The topological polar surface area (TPSA) is 12.9 Å². The molecule has 4 aromatic rings. The van der Waals surface area contributed by atoms with E-state index in [2.05, 4.69) is 108 Å². The van der Waals surface area contributed by atoms with E-state index < -0.39 is 0 Å². The van der Waals surface area contributed by atoms with Gasteiger partial charge in [0, 0.05) is 17.1 Å². The molecule has 0 radical (unpaired) electrons. The van der Waals surface area contributed by atoms with E-state index in [1.165, 1.54) is 38.4 Å². The number of hydrogen-bond donors (Lipinski definition) is 0. The first-order chi connectivity index (χ1) is 14.2. The summed E-state index contributed by atoms with van der Waals surface area (Å²) in [6.07, 6.45) is 4.40. The van der Waals surface area contributed by atoms with Gasteiger partial charge in [0.1, 0.15) is 0 Å². The van der Waals surface area contributed by atoms with Crippen molar-refractivity contribution in [3.8, 4) is 11.1 Å². The Bertz CT molecular complexity index is 1210. The highest BCUT2D eigenvalue weighted by atomic mass is 14.7. The number of rotatable bonds is 4. The second-order valence-corrected chi connectivity index (χ2v) is 10.2. The molecule has 154 valence electrons. The van der Waals surface area contributed by atoms with Crippen molar-refractivity contribution in [3.63, 3.8) is 0 Å². The minimum Gasteiger partial charge on any atom is -0.256 e. The number of aromatic nitrogens is 1. The van der Waals surface area contributed by atoms with Crippen LogP contribution in [0.15, 0.2) is 66.9 Å². The van der Waals surface area contributed by atoms with Gasteiger partial charge < -0.3 is 0 Å². The normalized spacial score (nSPS) is 12.6. The smallest absolute Gasteiger partial charge is 0.0705 e. The molecule has 0 unspecified atom stereocenters. The van der Waals surface area contributed by atoms with E-state index >= 15 is 0 Å². The monoisotopic (exact) mass is 395 g/mol. The van der Waals surface area contributed by atoms with Crippen molar-refractivity contribution in [2.75, 3.05) is 0 Å². The molecule has 0 saturated heterocycles. The summed E-state index contributed by atoms with van der Waals surface area (Å²) in [5.41, 5.74) is 6.62. The maximum absolute atomic E-state index is 4.82. The third-order valence-corrected chi connectivity index (χ3v) is 6.34. The van der Waals surface area contributed by atoms with Crippen LogP contribution in [0.4, 0.5) is 0 Å². The van der Waals surface area contributed by atoms with Crippen molar-refractivity contribution in [1.29, 1.82) is 0 Å². The molecule has 0 amide bonds. The van der Waals surface area contributed by atoms with Gasteiger partial charge in [0.25, 0.3) is 0 Å². The average Bonchev–Trinajstić information content (AvgIpc) is 2.71. The van der Waals surface area contributed by atoms with E-state index in [1.807, 2.05) is 0 Å². The second-order valence-electron chi connectivity index (χ2n) is 10.2. The first kappa shape index (κ1) is 20.6. The third-order valence-electron chi connectivity index (χ3n) is 6.34. The molecule has 0 spiro atoms. The molecule has 1 heteroatoms. The van der Waals surface area contributed by atoms with Crippen molar-refractivity contribution in [1.82, 2.24) is 4.98 Å². The number of fused-ring (bicyclic) bond motifs is 2. The fourth-order valence-electron chi connectivity index (χ4n) is 4.72. The lowest BCUT2D eigenvalue weighted by atomic mass is 9.75. The molecular formula is C29H33N. The Balaban J connectivity index is 1.93. The molecule has 1 aromatic heterocycles. The van der Waals surface area contributed by atoms with Crippen LogP contribution in [0.1, 0.15) is 65.5 Å². The Morgan fingerprint density at radius 2 is 1.50 bits per heavy atom. The Kier molecular flexibility index (Phi) is 5.18. The number of pyridine rings is 1. The molecular weight excluding hydrogens is 362 g/mol. The van der Waals surface area contributed by atoms with E-state index in [-0.39, 0.29) is 10.8 Å². The Labute approximate surface area is 181 Å². The van der Waals surface area contributed by atoms with Crippen LogP contribution in [0, 0.1) is 0 Å². The van der Waals surface area contributed by atoms with Crippen LogP contribution in [-0.4, -0.2) is 4.98 Å². The lowest BCUT2D eigenvalue weighted by Gasteiger charge is -2.29. The molecule has 0 atom stereocenters. The summed E-state index contributed by atoms with van der Waals surface area (Å²) in [4.78, 5) is 4.82. The maximum Gasteiger partial charge on any atom is 0.0705 e. The number of nitrogens with zero attached hydrogens (tertiary/aromatic N) is 1. The molecule has 0 fully saturated rings. The van der Waals surface area contributed by atoms with Crippen molar-refractivity contribution >= 4 is 21.7 Å². The largest absolute Gasteiger partial charge is 0.256 e. The molecule has 0 N–H and O–H groups in total. The summed E-state index contributed by atoms with van der Waals surface area (Å²) in [6.45, 7) is 13.8. The second kappa shape index (κ2) is 7.54. The molecule has 4 rings (SSSR count). The highest BCUT2D eigenvalue weighted by Gasteiger charge is 2.26. The number of hydrogen-bond acceptors (Lipinski definition) is 1. The predicted octanol–water partition coefficient (Wildman–Crippen LogP) is 8.43. The van der Waals surface area contributed by atoms with Crippen LogP contribution in [0.5, 0.6) is 0 Å². The van der Waals surface area contributed by atoms with E-state index in [1.54, 1.807) is 0 Å². The summed E-state index contributed by atoms with van der Waals surface area (Å²) in [5, 5.41) is 3.86. The summed E-state index contributed by atoms with van der Waals surface area (Å²) in [7, 11) is 0. The van der Waals surface area contributed by atoms with Crippen molar-refractivity contribution in [3.05, 3.63) is 78.0 Å². The highest BCUT2D eigenvalue weighted by Crippen LogP contribution is 2.41. The van der Waals surface area contributed by atoms with Gasteiger partial charge in [0.15, 0.2) is 0 Å². The van der Waals surface area contributed by atoms with Crippen LogP contribution in [-0.2, 0) is 10.8 Å². The van der Waals surface area contributed by atoms with Gasteiger partial charge in [-0.2, -0.15) is 0 Å². The molecule has 0 bridgehead atoms. The zero-order chi connectivity index (χ0) is 21.5. The van der Waals surface area contributed by atoms with E-state index in [9.17, 15) is 0 Å². The molecule has 1 nitrogen and oxygen atoms in total. The van der Waals surface area contributed by atoms with Gasteiger partial charge in [-0.1, -0.05) is 96.5 Å². The van der Waals surface area contributed by atoms with Crippen LogP contribution < -0.4 is 0 Å².